The van der Waals surface area contributed by atoms with Crippen molar-refractivity contribution in [3.05, 3.63) is 234 Å². The quantitative estimate of drug-likeness (QED) is 0.0617. The molecule has 0 unspecified atom stereocenters. The average molecular weight is 929 g/mol. The number of aryl methyl sites for hydroxylation is 2. The van der Waals surface area contributed by atoms with E-state index in [0.717, 1.165) is 87.4 Å². The van der Waals surface area contributed by atoms with E-state index in [1.807, 2.05) is 58.9 Å². The summed E-state index contributed by atoms with van der Waals surface area (Å²) in [6, 6.07) is 33.6. The highest BCUT2D eigenvalue weighted by molar-refractivity contribution is 6.28. The molecule has 0 fully saturated rings. The summed E-state index contributed by atoms with van der Waals surface area (Å²) in [4.78, 5) is 4.86. The van der Waals surface area contributed by atoms with Crippen LogP contribution in [0.2, 0.25) is 0 Å². The summed E-state index contributed by atoms with van der Waals surface area (Å²) in [5.74, 6) is 2.66. The van der Waals surface area contributed by atoms with Crippen LogP contribution in [0.3, 0.4) is 0 Å². The van der Waals surface area contributed by atoms with Gasteiger partial charge >= 0.3 is 0 Å². The van der Waals surface area contributed by atoms with Crippen molar-refractivity contribution in [2.24, 2.45) is 0 Å². The van der Waals surface area contributed by atoms with Gasteiger partial charge < -0.3 is 19.3 Å². The Balaban J connectivity index is 0.00000146. The maximum absolute atomic E-state index is 7.08. The molecule has 0 N–H and O–H groups in total. The van der Waals surface area contributed by atoms with Crippen molar-refractivity contribution in [2.45, 2.75) is 102 Å². The van der Waals surface area contributed by atoms with Crippen LogP contribution in [0.1, 0.15) is 99.6 Å². The molecule has 1 aliphatic carbocycles. The zero-order chi connectivity index (χ0) is 50.9. The fourth-order valence-electron chi connectivity index (χ4n) is 9.26. The van der Waals surface area contributed by atoms with Gasteiger partial charge in [-0.05, 0) is 147 Å². The molecule has 4 nitrogen and oxygen atoms in total. The highest BCUT2D eigenvalue weighted by Crippen LogP contribution is 2.50. The summed E-state index contributed by atoms with van der Waals surface area (Å²) in [7, 11) is 0. The van der Waals surface area contributed by atoms with Crippen LogP contribution >= 0.6 is 0 Å². The topological polar surface area (TPSA) is 24.9 Å². The van der Waals surface area contributed by atoms with Crippen molar-refractivity contribution in [3.8, 4) is 5.75 Å². The Morgan fingerprint density at radius 2 is 1.34 bits per heavy atom. The Morgan fingerprint density at radius 3 is 1.97 bits per heavy atom. The molecule has 0 spiro atoms. The molecule has 0 radical (unpaired) electrons. The SMILES string of the molecule is C=C.C=CC1=C(/C(C)=C\C)OC(/C(=C\C)N(c2ccccc2C)c2ccc3ccc4c(N(C5=CCC=CC=C5C)c5cccc(C)c5OC/C=C\C=C/C)ccc5ccc2c3c54)=C(CC)C1.CC.CC. The molecule has 0 atom stereocenters. The van der Waals surface area contributed by atoms with Gasteiger partial charge in [0, 0.05) is 28.6 Å². The molecule has 70 heavy (non-hydrogen) atoms. The van der Waals surface area contributed by atoms with Crippen molar-refractivity contribution < 1.29 is 9.47 Å². The normalized spacial score (nSPS) is 14.1. The van der Waals surface area contributed by atoms with Gasteiger partial charge in [-0.25, -0.2) is 0 Å². The van der Waals surface area contributed by atoms with Crippen molar-refractivity contribution in [1.82, 2.24) is 0 Å². The van der Waals surface area contributed by atoms with Crippen LogP contribution in [-0.4, -0.2) is 6.61 Å². The van der Waals surface area contributed by atoms with Crippen molar-refractivity contribution >= 4 is 55.1 Å². The van der Waals surface area contributed by atoms with Gasteiger partial charge in [0.1, 0.15) is 18.1 Å². The fourth-order valence-corrected chi connectivity index (χ4v) is 9.26. The van der Waals surface area contributed by atoms with Crippen LogP contribution in [0.5, 0.6) is 5.75 Å². The number of nitrogens with zero attached hydrogens (tertiary/aromatic N) is 2. The molecule has 2 aliphatic rings. The maximum atomic E-state index is 7.08. The lowest BCUT2D eigenvalue weighted by atomic mass is 9.91. The van der Waals surface area contributed by atoms with Crippen molar-refractivity contribution in [3.63, 3.8) is 0 Å². The smallest absolute Gasteiger partial charge is 0.150 e. The van der Waals surface area contributed by atoms with E-state index in [9.17, 15) is 0 Å². The second-order valence-corrected chi connectivity index (χ2v) is 16.6. The van der Waals surface area contributed by atoms with Gasteiger partial charge in [0.25, 0.3) is 0 Å². The Hall–Kier alpha value is -7.30. The van der Waals surface area contributed by atoms with Crippen LogP contribution < -0.4 is 14.5 Å². The number of allylic oxidation sites excluding steroid dienone is 14. The fraction of sp³-hybridized carbons (Fsp3) is 0.242. The molecule has 8 rings (SSSR count). The first-order valence-electron chi connectivity index (χ1n) is 25.2. The Bertz CT molecular complexity index is 3070. The predicted molar refractivity (Wildman–Crippen MR) is 309 cm³/mol. The van der Waals surface area contributed by atoms with Crippen LogP contribution in [0.15, 0.2) is 223 Å². The monoisotopic (exact) mass is 929 g/mol. The van der Waals surface area contributed by atoms with Crippen molar-refractivity contribution in [1.29, 1.82) is 0 Å². The first kappa shape index (κ1) is 53.7. The summed E-state index contributed by atoms with van der Waals surface area (Å²) < 4.78 is 13.8. The Labute approximate surface area is 421 Å². The minimum absolute atomic E-state index is 0.460. The third kappa shape index (κ3) is 10.9. The summed E-state index contributed by atoms with van der Waals surface area (Å²) >= 11 is 0. The van der Waals surface area contributed by atoms with Crippen LogP contribution in [0.4, 0.5) is 22.7 Å². The number of benzene rings is 6. The highest BCUT2D eigenvalue weighted by atomic mass is 16.5. The minimum atomic E-state index is 0.460. The third-order valence-electron chi connectivity index (χ3n) is 12.7. The van der Waals surface area contributed by atoms with E-state index < -0.39 is 0 Å². The lowest BCUT2D eigenvalue weighted by molar-refractivity contribution is 0.301. The van der Waals surface area contributed by atoms with E-state index in [-0.39, 0.29) is 0 Å². The summed E-state index contributed by atoms with van der Waals surface area (Å²) in [5, 5.41) is 7.20. The molecule has 362 valence electrons. The molecule has 0 saturated heterocycles. The number of rotatable bonds is 14. The van der Waals surface area contributed by atoms with E-state index in [0.29, 0.717) is 6.61 Å². The van der Waals surface area contributed by atoms with Crippen molar-refractivity contribution in [2.75, 3.05) is 16.4 Å². The number of ether oxygens (including phenoxy) is 2. The van der Waals surface area contributed by atoms with Gasteiger partial charge in [0.05, 0.1) is 22.8 Å². The molecule has 0 bridgehead atoms. The third-order valence-corrected chi connectivity index (χ3v) is 12.7. The second kappa shape index (κ2) is 25.9. The summed E-state index contributed by atoms with van der Waals surface area (Å²) in [6.07, 6.45) is 25.9. The average Bonchev–Trinajstić information content (AvgIpc) is 3.63. The molecule has 0 saturated carbocycles. The van der Waals surface area contributed by atoms with Gasteiger partial charge in [0.15, 0.2) is 5.76 Å². The minimum Gasteiger partial charge on any atom is -0.487 e. The van der Waals surface area contributed by atoms with Gasteiger partial charge in [0.2, 0.25) is 0 Å². The molecule has 1 heterocycles. The van der Waals surface area contributed by atoms with E-state index in [1.165, 1.54) is 49.0 Å². The molecule has 1 aliphatic heterocycles. The molecule has 6 aromatic rings. The lowest BCUT2D eigenvalue weighted by Crippen LogP contribution is -2.23. The molecule has 0 aromatic heterocycles. The standard InChI is InChI=1S/C60H60N2O2.2C2H6.C2H4/c1-10-15-16-22-38-63-59-43(9)26-23-29-55(59)62(52-27-19-17-18-24-41(52)7)54-37-33-47-30-34-48-53(36-32-46-31-35-49(54)57(47)56(46)48)61(51-28-21-20-25-42(51)8)50(14-5)60-45(13-4)39-44(12-3)58(64-60)40(6)11-2;3*1-2/h10-12,14-18,20-37H,3,13,19,38-39H2,1-2,4-9H3;2*1-2H3;1-2H2/b15-10-,22-16-,40-11-,50-14+;;;. The number of anilines is 4. The van der Waals surface area contributed by atoms with E-state index in [4.69, 9.17) is 9.47 Å². The van der Waals surface area contributed by atoms with Gasteiger partial charge in [-0.1, -0.05) is 169 Å². The summed E-state index contributed by atoms with van der Waals surface area (Å²) in [5.41, 5.74) is 13.4. The second-order valence-electron chi connectivity index (χ2n) is 16.6. The Kier molecular flexibility index (Phi) is 19.8. The molecular weight excluding hydrogens is 853 g/mol. The zero-order valence-corrected chi connectivity index (χ0v) is 44.2. The highest BCUT2D eigenvalue weighted by Gasteiger charge is 2.30. The lowest BCUT2D eigenvalue weighted by Gasteiger charge is -2.35. The number of hydrogen-bond acceptors (Lipinski definition) is 4. The largest absolute Gasteiger partial charge is 0.487 e. The molecule has 0 amide bonds. The predicted octanol–water partition coefficient (Wildman–Crippen LogP) is 20.0. The number of hydrogen-bond donors (Lipinski definition) is 0. The van der Waals surface area contributed by atoms with Gasteiger partial charge in [-0.15, -0.1) is 13.2 Å². The van der Waals surface area contributed by atoms with Gasteiger partial charge in [-0.2, -0.15) is 0 Å². The van der Waals surface area contributed by atoms with E-state index >= 15 is 0 Å². The van der Waals surface area contributed by atoms with Crippen LogP contribution in [0, 0.1) is 13.8 Å². The molecule has 6 aromatic carbocycles. The first-order chi connectivity index (χ1) is 34.2. The van der Waals surface area contributed by atoms with E-state index in [2.05, 4.69) is 212 Å². The number of para-hydroxylation sites is 2. The first-order valence-corrected chi connectivity index (χ1v) is 25.2. The Morgan fingerprint density at radius 1 is 0.714 bits per heavy atom. The van der Waals surface area contributed by atoms with Gasteiger partial charge in [-0.3, -0.25) is 0 Å². The molecular formula is C66H76N2O2. The summed E-state index contributed by atoms with van der Waals surface area (Å²) in [6.45, 7) is 35.8. The molecule has 4 heteroatoms. The maximum Gasteiger partial charge on any atom is 0.150 e. The van der Waals surface area contributed by atoms with Crippen LogP contribution in [-0.2, 0) is 4.74 Å². The van der Waals surface area contributed by atoms with Crippen LogP contribution in [0.25, 0.3) is 32.3 Å². The van der Waals surface area contributed by atoms with E-state index in [1.54, 1.807) is 0 Å². The zero-order valence-electron chi connectivity index (χ0n) is 44.2.